The molecule has 128 valence electrons. The van der Waals surface area contributed by atoms with Crippen LogP contribution in [0, 0.1) is 19.8 Å². The van der Waals surface area contributed by atoms with E-state index in [0.717, 1.165) is 37.1 Å². The Kier molecular flexibility index (Phi) is 5.80. The van der Waals surface area contributed by atoms with E-state index < -0.39 is 11.9 Å². The summed E-state index contributed by atoms with van der Waals surface area (Å²) in [5.41, 5.74) is 1.96. The van der Waals surface area contributed by atoms with Gasteiger partial charge in [0.25, 0.3) is 0 Å². The van der Waals surface area contributed by atoms with Crippen LogP contribution in [0.15, 0.2) is 6.07 Å². The van der Waals surface area contributed by atoms with Gasteiger partial charge in [-0.25, -0.2) is 0 Å². The van der Waals surface area contributed by atoms with Crippen molar-refractivity contribution in [3.8, 4) is 0 Å². The van der Waals surface area contributed by atoms with Crippen molar-refractivity contribution in [2.45, 2.75) is 71.4 Å². The molecule has 1 fully saturated rings. The SMILES string of the molecule is Cc1cc(C)n(C(C)CC(=O)N[C@H]2CCCCC[C@H]2C(=O)O)n1. The lowest BCUT2D eigenvalue weighted by atomic mass is 9.94. The molecule has 0 radical (unpaired) electrons. The van der Waals surface area contributed by atoms with Crippen LogP contribution in [-0.4, -0.2) is 32.8 Å². The molecule has 1 unspecified atom stereocenters. The fraction of sp³-hybridized carbons (Fsp3) is 0.706. The zero-order valence-electron chi connectivity index (χ0n) is 14.2. The number of aromatic nitrogens is 2. The van der Waals surface area contributed by atoms with Gasteiger partial charge >= 0.3 is 5.97 Å². The molecule has 0 spiro atoms. The quantitative estimate of drug-likeness (QED) is 0.816. The number of hydrogen-bond acceptors (Lipinski definition) is 3. The van der Waals surface area contributed by atoms with E-state index in [9.17, 15) is 14.7 Å². The monoisotopic (exact) mass is 321 g/mol. The first-order valence-corrected chi connectivity index (χ1v) is 8.43. The van der Waals surface area contributed by atoms with Gasteiger partial charge in [-0.05, 0) is 39.7 Å². The molecule has 6 nitrogen and oxygen atoms in total. The number of carbonyl (C=O) groups excluding carboxylic acids is 1. The number of carboxylic acids is 1. The third-order valence-electron chi connectivity index (χ3n) is 4.62. The standard InChI is InChI=1S/C17H27N3O3/c1-11-9-12(2)20(19-11)13(3)10-16(21)18-15-8-6-4-5-7-14(15)17(22)23/h9,13-15H,4-8,10H2,1-3H3,(H,18,21)(H,22,23)/t13?,14-,15+/m1/s1. The molecule has 6 heteroatoms. The Bertz CT molecular complexity index is 567. The fourth-order valence-corrected chi connectivity index (χ4v) is 3.49. The van der Waals surface area contributed by atoms with Crippen molar-refractivity contribution in [3.05, 3.63) is 17.5 Å². The third kappa shape index (κ3) is 4.56. The Morgan fingerprint density at radius 3 is 2.65 bits per heavy atom. The van der Waals surface area contributed by atoms with E-state index >= 15 is 0 Å². The van der Waals surface area contributed by atoms with Crippen molar-refractivity contribution < 1.29 is 14.7 Å². The van der Waals surface area contributed by atoms with E-state index in [0.29, 0.717) is 12.8 Å². The number of amides is 1. The summed E-state index contributed by atoms with van der Waals surface area (Å²) in [5, 5.41) is 16.7. The number of hydrogen-bond donors (Lipinski definition) is 2. The Morgan fingerprint density at radius 2 is 2.04 bits per heavy atom. The topological polar surface area (TPSA) is 84.2 Å². The maximum Gasteiger partial charge on any atom is 0.308 e. The average molecular weight is 321 g/mol. The minimum absolute atomic E-state index is 0.0437. The van der Waals surface area contributed by atoms with Crippen LogP contribution in [0.3, 0.4) is 0 Å². The van der Waals surface area contributed by atoms with E-state index in [1.165, 1.54) is 0 Å². The van der Waals surface area contributed by atoms with Gasteiger partial charge in [0.15, 0.2) is 0 Å². The van der Waals surface area contributed by atoms with Gasteiger partial charge < -0.3 is 10.4 Å². The van der Waals surface area contributed by atoms with Gasteiger partial charge in [-0.1, -0.05) is 19.3 Å². The summed E-state index contributed by atoms with van der Waals surface area (Å²) < 4.78 is 1.86. The number of rotatable bonds is 5. The average Bonchev–Trinajstić information content (AvgIpc) is 2.67. The van der Waals surface area contributed by atoms with Crippen LogP contribution in [0.2, 0.25) is 0 Å². The van der Waals surface area contributed by atoms with Crippen LogP contribution in [0.4, 0.5) is 0 Å². The molecule has 1 heterocycles. The lowest BCUT2D eigenvalue weighted by Gasteiger charge is -2.24. The summed E-state index contributed by atoms with van der Waals surface area (Å²) in [4.78, 5) is 23.8. The van der Waals surface area contributed by atoms with Crippen molar-refractivity contribution in [2.24, 2.45) is 5.92 Å². The number of aryl methyl sites for hydroxylation is 2. The molecule has 23 heavy (non-hydrogen) atoms. The largest absolute Gasteiger partial charge is 0.481 e. The number of carboxylic acid groups (broad SMARTS) is 1. The summed E-state index contributed by atoms with van der Waals surface area (Å²) in [7, 11) is 0. The molecule has 1 saturated carbocycles. The minimum atomic E-state index is -0.802. The smallest absolute Gasteiger partial charge is 0.308 e. The van der Waals surface area contributed by atoms with Crippen LogP contribution in [0.1, 0.15) is 62.9 Å². The molecular weight excluding hydrogens is 294 g/mol. The van der Waals surface area contributed by atoms with Gasteiger partial charge in [-0.2, -0.15) is 5.10 Å². The van der Waals surface area contributed by atoms with Gasteiger partial charge in [0.1, 0.15) is 0 Å². The minimum Gasteiger partial charge on any atom is -0.481 e. The van der Waals surface area contributed by atoms with E-state index in [2.05, 4.69) is 10.4 Å². The van der Waals surface area contributed by atoms with Crippen molar-refractivity contribution in [3.63, 3.8) is 0 Å². The lowest BCUT2D eigenvalue weighted by Crippen LogP contribution is -2.43. The number of nitrogens with zero attached hydrogens (tertiary/aromatic N) is 2. The van der Waals surface area contributed by atoms with Crippen LogP contribution in [0.25, 0.3) is 0 Å². The van der Waals surface area contributed by atoms with Gasteiger partial charge in [-0.15, -0.1) is 0 Å². The van der Waals surface area contributed by atoms with Crippen LogP contribution in [-0.2, 0) is 9.59 Å². The van der Waals surface area contributed by atoms with Crippen LogP contribution < -0.4 is 5.32 Å². The molecule has 2 N–H and O–H groups in total. The highest BCUT2D eigenvalue weighted by Crippen LogP contribution is 2.24. The maximum absolute atomic E-state index is 12.3. The molecule has 1 aromatic rings. The predicted octanol–water partition coefficient (Wildman–Crippen LogP) is 2.60. The molecule has 0 saturated heterocycles. The fourth-order valence-electron chi connectivity index (χ4n) is 3.49. The molecule has 1 amide bonds. The highest BCUT2D eigenvalue weighted by Gasteiger charge is 2.30. The van der Waals surface area contributed by atoms with Gasteiger partial charge in [0, 0.05) is 18.2 Å². The van der Waals surface area contributed by atoms with E-state index in [1.54, 1.807) is 0 Å². The van der Waals surface area contributed by atoms with Gasteiger partial charge in [0.05, 0.1) is 17.7 Å². The Hall–Kier alpha value is -1.85. The molecule has 3 atom stereocenters. The number of carbonyl (C=O) groups is 2. The van der Waals surface area contributed by atoms with Gasteiger partial charge in [0.2, 0.25) is 5.91 Å². The zero-order valence-corrected chi connectivity index (χ0v) is 14.2. The molecule has 2 rings (SSSR count). The van der Waals surface area contributed by atoms with Gasteiger partial charge in [-0.3, -0.25) is 14.3 Å². The summed E-state index contributed by atoms with van der Waals surface area (Å²) >= 11 is 0. The molecule has 1 aliphatic carbocycles. The first kappa shape index (κ1) is 17.5. The van der Waals surface area contributed by atoms with Crippen LogP contribution in [0.5, 0.6) is 0 Å². The predicted molar refractivity (Wildman–Crippen MR) is 87.2 cm³/mol. The Morgan fingerprint density at radius 1 is 1.35 bits per heavy atom. The Labute approximate surface area is 137 Å². The summed E-state index contributed by atoms with van der Waals surface area (Å²) in [6.45, 7) is 5.86. The molecule has 1 aromatic heterocycles. The first-order chi connectivity index (χ1) is 10.9. The molecular formula is C17H27N3O3. The molecule has 1 aliphatic rings. The third-order valence-corrected chi connectivity index (χ3v) is 4.62. The zero-order chi connectivity index (χ0) is 17.0. The summed E-state index contributed by atoms with van der Waals surface area (Å²) in [5.74, 6) is -1.36. The molecule has 0 aliphatic heterocycles. The van der Waals surface area contributed by atoms with Crippen molar-refractivity contribution in [1.29, 1.82) is 0 Å². The van der Waals surface area contributed by atoms with E-state index in [1.807, 2.05) is 31.5 Å². The highest BCUT2D eigenvalue weighted by molar-refractivity contribution is 5.78. The summed E-state index contributed by atoms with van der Waals surface area (Å²) in [6, 6.07) is 1.69. The number of nitrogens with one attached hydrogen (secondary N) is 1. The molecule has 0 aromatic carbocycles. The second-order valence-corrected chi connectivity index (χ2v) is 6.68. The van der Waals surface area contributed by atoms with E-state index in [-0.39, 0.29) is 18.0 Å². The van der Waals surface area contributed by atoms with Crippen molar-refractivity contribution in [1.82, 2.24) is 15.1 Å². The van der Waals surface area contributed by atoms with Crippen LogP contribution >= 0.6 is 0 Å². The highest BCUT2D eigenvalue weighted by atomic mass is 16.4. The number of aliphatic carboxylic acids is 1. The van der Waals surface area contributed by atoms with Crippen molar-refractivity contribution >= 4 is 11.9 Å². The second kappa shape index (κ2) is 7.62. The second-order valence-electron chi connectivity index (χ2n) is 6.68. The lowest BCUT2D eigenvalue weighted by molar-refractivity contribution is -0.143. The normalized spacial score (nSPS) is 23.1. The summed E-state index contributed by atoms with van der Waals surface area (Å²) in [6.07, 6.45) is 4.64. The van der Waals surface area contributed by atoms with E-state index in [4.69, 9.17) is 0 Å². The van der Waals surface area contributed by atoms with Crippen molar-refractivity contribution in [2.75, 3.05) is 0 Å². The molecule has 0 bridgehead atoms. The maximum atomic E-state index is 12.3. The Balaban J connectivity index is 1.97. The first-order valence-electron chi connectivity index (χ1n) is 8.43.